The number of nitrogens with zero attached hydrogens (tertiary/aromatic N) is 3. The number of pyridine rings is 1. The standard InChI is InChI=1S/C18H16ClN5O/c19-14-1-2-16-15(5-14)17(12(6-20)8-21-16)22-7-11-3-4-25-18(11)13-9-23-24-10-13/h1-2,5,8-11,18H,3-4,7H2,(H,21,22)(H,23,24)/t11-,18+/m1/s1. The molecule has 6 nitrogen and oxygen atoms in total. The largest absolute Gasteiger partial charge is 0.383 e. The van der Waals surface area contributed by atoms with E-state index in [4.69, 9.17) is 16.3 Å². The maximum atomic E-state index is 9.44. The van der Waals surface area contributed by atoms with Gasteiger partial charge in [-0.3, -0.25) is 10.1 Å². The van der Waals surface area contributed by atoms with E-state index < -0.39 is 0 Å². The van der Waals surface area contributed by atoms with E-state index in [0.717, 1.165) is 35.2 Å². The molecule has 1 aliphatic heterocycles. The Labute approximate surface area is 149 Å². The lowest BCUT2D eigenvalue weighted by atomic mass is 9.97. The van der Waals surface area contributed by atoms with E-state index in [1.807, 2.05) is 18.3 Å². The first kappa shape index (κ1) is 15.9. The van der Waals surface area contributed by atoms with Crippen LogP contribution in [0.25, 0.3) is 10.9 Å². The fourth-order valence-corrected chi connectivity index (χ4v) is 3.47. The zero-order valence-electron chi connectivity index (χ0n) is 13.4. The van der Waals surface area contributed by atoms with Crippen molar-refractivity contribution in [3.63, 3.8) is 0 Å². The van der Waals surface area contributed by atoms with Crippen LogP contribution in [-0.4, -0.2) is 28.3 Å². The monoisotopic (exact) mass is 353 g/mol. The van der Waals surface area contributed by atoms with Crippen LogP contribution in [0.2, 0.25) is 5.02 Å². The van der Waals surface area contributed by atoms with Gasteiger partial charge < -0.3 is 10.1 Å². The third-order valence-electron chi connectivity index (χ3n) is 4.55. The van der Waals surface area contributed by atoms with Crippen molar-refractivity contribution in [1.29, 1.82) is 5.26 Å². The molecular weight excluding hydrogens is 338 g/mol. The molecule has 0 unspecified atom stereocenters. The van der Waals surface area contributed by atoms with Crippen molar-refractivity contribution in [3.8, 4) is 6.07 Å². The van der Waals surface area contributed by atoms with E-state index in [2.05, 4.69) is 26.6 Å². The van der Waals surface area contributed by atoms with Crippen molar-refractivity contribution in [2.45, 2.75) is 12.5 Å². The number of aromatic nitrogens is 3. The third kappa shape index (κ3) is 3.04. The highest BCUT2D eigenvalue weighted by atomic mass is 35.5. The number of H-pyrrole nitrogens is 1. The van der Waals surface area contributed by atoms with Crippen LogP contribution >= 0.6 is 11.6 Å². The number of hydrogen-bond donors (Lipinski definition) is 2. The van der Waals surface area contributed by atoms with Crippen molar-refractivity contribution in [3.05, 3.63) is 52.9 Å². The molecule has 3 heterocycles. The minimum atomic E-state index is 0.00785. The normalized spacial score (nSPS) is 19.8. The lowest BCUT2D eigenvalue weighted by molar-refractivity contribution is 0.0933. The molecule has 25 heavy (non-hydrogen) atoms. The summed E-state index contributed by atoms with van der Waals surface area (Å²) in [7, 11) is 0. The zero-order valence-corrected chi connectivity index (χ0v) is 14.1. The second-order valence-electron chi connectivity index (χ2n) is 6.07. The Kier molecular flexibility index (Phi) is 4.26. The van der Waals surface area contributed by atoms with E-state index >= 15 is 0 Å². The zero-order chi connectivity index (χ0) is 17.2. The molecule has 0 aliphatic carbocycles. The van der Waals surface area contributed by atoms with E-state index in [1.165, 1.54) is 0 Å². The van der Waals surface area contributed by atoms with Crippen LogP contribution < -0.4 is 5.32 Å². The average Bonchev–Trinajstić information content (AvgIpc) is 3.30. The van der Waals surface area contributed by atoms with Gasteiger partial charge in [-0.1, -0.05) is 11.6 Å². The predicted molar refractivity (Wildman–Crippen MR) is 95.3 cm³/mol. The number of hydrogen-bond acceptors (Lipinski definition) is 5. The van der Waals surface area contributed by atoms with Crippen LogP contribution in [0.1, 0.15) is 23.7 Å². The summed E-state index contributed by atoms with van der Waals surface area (Å²) in [4.78, 5) is 4.33. The summed E-state index contributed by atoms with van der Waals surface area (Å²) in [6.45, 7) is 1.41. The van der Waals surface area contributed by atoms with Gasteiger partial charge in [-0.15, -0.1) is 0 Å². The van der Waals surface area contributed by atoms with Crippen LogP contribution in [0, 0.1) is 17.2 Å². The number of fused-ring (bicyclic) bond motifs is 1. The highest BCUT2D eigenvalue weighted by Crippen LogP contribution is 2.35. The van der Waals surface area contributed by atoms with Crippen molar-refractivity contribution >= 4 is 28.2 Å². The van der Waals surface area contributed by atoms with Gasteiger partial charge in [-0.2, -0.15) is 10.4 Å². The van der Waals surface area contributed by atoms with E-state index in [1.54, 1.807) is 18.5 Å². The SMILES string of the molecule is N#Cc1cnc2ccc(Cl)cc2c1NC[C@H]1CCO[C@@H]1c1cn[nH]c1. The van der Waals surface area contributed by atoms with Crippen molar-refractivity contribution in [1.82, 2.24) is 15.2 Å². The summed E-state index contributed by atoms with van der Waals surface area (Å²) in [5.41, 5.74) is 3.13. The number of aromatic amines is 1. The van der Waals surface area contributed by atoms with Crippen LogP contribution in [0.15, 0.2) is 36.8 Å². The summed E-state index contributed by atoms with van der Waals surface area (Å²) in [6, 6.07) is 7.70. The summed E-state index contributed by atoms with van der Waals surface area (Å²) in [6.07, 6.45) is 6.22. The van der Waals surface area contributed by atoms with E-state index in [-0.39, 0.29) is 6.10 Å². The molecule has 0 amide bonds. The molecule has 1 aliphatic rings. The first-order chi connectivity index (χ1) is 12.3. The van der Waals surface area contributed by atoms with Crippen LogP contribution in [0.3, 0.4) is 0 Å². The Hall–Kier alpha value is -2.62. The van der Waals surface area contributed by atoms with E-state index in [9.17, 15) is 5.26 Å². The molecule has 0 radical (unpaired) electrons. The highest BCUT2D eigenvalue weighted by molar-refractivity contribution is 6.31. The molecule has 0 saturated carbocycles. The number of rotatable bonds is 4. The van der Waals surface area contributed by atoms with Crippen LogP contribution in [0.4, 0.5) is 5.69 Å². The number of nitrogens with one attached hydrogen (secondary N) is 2. The smallest absolute Gasteiger partial charge is 0.103 e. The minimum Gasteiger partial charge on any atom is -0.383 e. The van der Waals surface area contributed by atoms with Gasteiger partial charge in [0, 0.05) is 47.4 Å². The maximum Gasteiger partial charge on any atom is 0.103 e. The molecule has 2 atom stereocenters. The molecule has 0 spiro atoms. The first-order valence-electron chi connectivity index (χ1n) is 8.09. The van der Waals surface area contributed by atoms with Gasteiger partial charge in [-0.25, -0.2) is 0 Å². The topological polar surface area (TPSA) is 86.6 Å². The number of halogens is 1. The second kappa shape index (κ2) is 6.71. The van der Waals surface area contributed by atoms with Gasteiger partial charge in [-0.05, 0) is 24.6 Å². The lowest BCUT2D eigenvalue weighted by Crippen LogP contribution is -2.18. The van der Waals surface area contributed by atoms with Gasteiger partial charge in [0.25, 0.3) is 0 Å². The Morgan fingerprint density at radius 3 is 3.12 bits per heavy atom. The summed E-state index contributed by atoms with van der Waals surface area (Å²) in [5.74, 6) is 0.298. The fraction of sp³-hybridized carbons (Fsp3) is 0.278. The average molecular weight is 354 g/mol. The highest BCUT2D eigenvalue weighted by Gasteiger charge is 2.30. The Bertz CT molecular complexity index is 935. The molecule has 1 aromatic carbocycles. The first-order valence-corrected chi connectivity index (χ1v) is 8.46. The van der Waals surface area contributed by atoms with Gasteiger partial charge in [0.2, 0.25) is 0 Å². The Balaban J connectivity index is 1.62. The molecule has 3 aromatic rings. The third-order valence-corrected chi connectivity index (χ3v) is 4.79. The van der Waals surface area contributed by atoms with Gasteiger partial charge in [0.1, 0.15) is 6.07 Å². The molecule has 126 valence electrons. The van der Waals surface area contributed by atoms with Gasteiger partial charge in [0.15, 0.2) is 0 Å². The van der Waals surface area contributed by atoms with Gasteiger partial charge in [0.05, 0.1) is 29.1 Å². The number of anilines is 1. The molecule has 7 heteroatoms. The second-order valence-corrected chi connectivity index (χ2v) is 6.51. The number of ether oxygens (including phenoxy) is 1. The van der Waals surface area contributed by atoms with Crippen LogP contribution in [0.5, 0.6) is 0 Å². The molecule has 2 aromatic heterocycles. The molecule has 1 saturated heterocycles. The minimum absolute atomic E-state index is 0.00785. The quantitative estimate of drug-likeness (QED) is 0.747. The molecule has 1 fully saturated rings. The summed E-state index contributed by atoms with van der Waals surface area (Å²) in [5, 5.41) is 21.2. The Morgan fingerprint density at radius 2 is 2.32 bits per heavy atom. The van der Waals surface area contributed by atoms with Gasteiger partial charge >= 0.3 is 0 Å². The Morgan fingerprint density at radius 1 is 1.40 bits per heavy atom. The number of benzene rings is 1. The number of nitriles is 1. The van der Waals surface area contributed by atoms with Crippen molar-refractivity contribution < 1.29 is 4.74 Å². The van der Waals surface area contributed by atoms with Crippen LogP contribution in [-0.2, 0) is 4.74 Å². The van der Waals surface area contributed by atoms with E-state index in [0.29, 0.717) is 23.0 Å². The molecule has 4 rings (SSSR count). The lowest BCUT2D eigenvalue weighted by Gasteiger charge is -2.19. The molecular formula is C18H16ClN5O. The summed E-state index contributed by atoms with van der Waals surface area (Å²) < 4.78 is 5.86. The fourth-order valence-electron chi connectivity index (χ4n) is 3.30. The van der Waals surface area contributed by atoms with Crippen molar-refractivity contribution in [2.24, 2.45) is 5.92 Å². The maximum absolute atomic E-state index is 9.44. The summed E-state index contributed by atoms with van der Waals surface area (Å²) >= 11 is 6.14. The molecule has 2 N–H and O–H groups in total. The predicted octanol–water partition coefficient (Wildman–Crippen LogP) is 3.67. The van der Waals surface area contributed by atoms with Crippen molar-refractivity contribution in [2.75, 3.05) is 18.5 Å². The molecule has 0 bridgehead atoms.